The van der Waals surface area contributed by atoms with Gasteiger partial charge in [-0.15, -0.1) is 0 Å². The number of fused-ring (bicyclic) bond motifs is 1. The monoisotopic (exact) mass is 305 g/mol. The van der Waals surface area contributed by atoms with E-state index in [9.17, 15) is 19.5 Å². The van der Waals surface area contributed by atoms with Gasteiger partial charge in [-0.1, -0.05) is 19.6 Å². The second kappa shape index (κ2) is 5.56. The van der Waals surface area contributed by atoms with Gasteiger partial charge in [-0.3, -0.25) is 9.59 Å². The fourth-order valence-electron chi connectivity index (χ4n) is 3.99. The number of carbonyl (C=O) groups excluding carboxylic acids is 3. The Morgan fingerprint density at radius 1 is 1.36 bits per heavy atom. The summed E-state index contributed by atoms with van der Waals surface area (Å²) in [5.74, 6) is -3.00. The van der Waals surface area contributed by atoms with E-state index in [0.717, 1.165) is 0 Å². The molecule has 5 unspecified atom stereocenters. The number of aldehydes is 1. The Bertz CT molecular complexity index is 577. The van der Waals surface area contributed by atoms with E-state index in [0.29, 0.717) is 18.3 Å². The number of likely N-dealkylation sites (N-methyl/N-ethyl adjacent to an activating group) is 1. The molecule has 0 amide bonds. The molecule has 2 fully saturated rings. The Balaban J connectivity index is 2.64. The Labute approximate surface area is 130 Å². The zero-order valence-corrected chi connectivity index (χ0v) is 13.5. The van der Waals surface area contributed by atoms with Gasteiger partial charge >= 0.3 is 0 Å². The van der Waals surface area contributed by atoms with Gasteiger partial charge in [0.1, 0.15) is 6.29 Å². The molecule has 0 aromatic heterocycles. The van der Waals surface area contributed by atoms with Gasteiger partial charge in [0.05, 0.1) is 5.92 Å². The van der Waals surface area contributed by atoms with E-state index in [1.807, 2.05) is 25.9 Å². The molecule has 2 aliphatic carbocycles. The molecule has 0 bridgehead atoms. The molecule has 22 heavy (non-hydrogen) atoms. The molecule has 0 radical (unpaired) electrons. The van der Waals surface area contributed by atoms with Gasteiger partial charge in [-0.25, -0.2) is 0 Å². The quantitative estimate of drug-likeness (QED) is 0.463. The topological polar surface area (TPSA) is 74.7 Å². The maximum atomic E-state index is 12.7. The molecule has 0 saturated heterocycles. The minimum Gasteiger partial charge on any atom is -0.374 e. The lowest BCUT2D eigenvalue weighted by molar-refractivity contribution is -0.170. The molecule has 0 spiro atoms. The maximum absolute atomic E-state index is 12.7. The number of carbonyl (C=O) groups is 3. The Morgan fingerprint density at radius 3 is 2.41 bits per heavy atom. The fraction of sp³-hybridized carbons (Fsp3) is 0.588. The van der Waals surface area contributed by atoms with Crippen LogP contribution in [0.25, 0.3) is 0 Å². The average Bonchev–Trinajstić information content (AvgIpc) is 2.44. The number of nitrogens with zero attached hydrogens (tertiary/aromatic N) is 1. The molecule has 5 nitrogen and oxygen atoms in total. The van der Waals surface area contributed by atoms with Crippen molar-refractivity contribution in [2.24, 2.45) is 17.8 Å². The van der Waals surface area contributed by atoms with Crippen LogP contribution in [0.2, 0.25) is 0 Å². The fourth-order valence-corrected chi connectivity index (χ4v) is 3.99. The van der Waals surface area contributed by atoms with Crippen LogP contribution in [0.15, 0.2) is 23.8 Å². The second-order valence-electron chi connectivity index (χ2n) is 6.58. The van der Waals surface area contributed by atoms with Crippen molar-refractivity contribution in [3.63, 3.8) is 0 Å². The molecule has 0 aromatic carbocycles. The summed E-state index contributed by atoms with van der Waals surface area (Å²) in [5.41, 5.74) is -1.22. The molecule has 120 valence electrons. The smallest absolute Gasteiger partial charge is 0.202 e. The second-order valence-corrected chi connectivity index (χ2v) is 6.58. The third kappa shape index (κ3) is 2.03. The summed E-state index contributed by atoms with van der Waals surface area (Å²) in [6.45, 7) is 7.50. The number of rotatable bonds is 2. The zero-order chi connectivity index (χ0) is 16.8. The molecule has 2 rings (SSSR count). The van der Waals surface area contributed by atoms with Crippen LogP contribution in [0.4, 0.5) is 0 Å². The minimum absolute atomic E-state index is 0.203. The van der Waals surface area contributed by atoms with Crippen LogP contribution in [0.1, 0.15) is 20.3 Å². The van der Waals surface area contributed by atoms with Crippen molar-refractivity contribution < 1.29 is 19.5 Å². The largest absolute Gasteiger partial charge is 0.374 e. The Kier molecular flexibility index (Phi) is 4.24. The molecular weight excluding hydrogens is 282 g/mol. The third-order valence-corrected chi connectivity index (χ3v) is 5.12. The zero-order valence-electron chi connectivity index (χ0n) is 13.5. The highest BCUT2D eigenvalue weighted by molar-refractivity contribution is 6.23. The first-order chi connectivity index (χ1) is 10.2. The van der Waals surface area contributed by atoms with Crippen molar-refractivity contribution in [2.45, 2.75) is 31.9 Å². The van der Waals surface area contributed by atoms with E-state index in [2.05, 4.69) is 6.58 Å². The normalized spacial score (nSPS) is 41.0. The first kappa shape index (κ1) is 16.8. The summed E-state index contributed by atoms with van der Waals surface area (Å²) in [6.07, 6.45) is 2.56. The molecule has 0 aromatic rings. The van der Waals surface area contributed by atoms with Gasteiger partial charge in [0.2, 0.25) is 5.78 Å². The number of allylic oxidation sites excluding steroid dienone is 1. The number of ketones is 2. The lowest BCUT2D eigenvalue weighted by Crippen LogP contribution is -2.67. The highest BCUT2D eigenvalue weighted by Crippen LogP contribution is 2.48. The first-order valence-corrected chi connectivity index (χ1v) is 7.50. The van der Waals surface area contributed by atoms with Crippen molar-refractivity contribution in [3.05, 3.63) is 23.8 Å². The standard InChI is InChI=1S/C17H23NO4/c1-6-11-10(3)14(18(4)5)13-7-9(2)12(8-19)16(21)17(13,22)15(11)20/h6,8-9,12-14,22H,3,7H2,1-2,4-5H3/b11-6-. The SMILES string of the molecule is C=C1/C(=C/C)C(=O)C2(O)C(=O)C(C=O)C(C)CC2C1N(C)C. The molecule has 0 heterocycles. The van der Waals surface area contributed by atoms with Gasteiger partial charge < -0.3 is 14.8 Å². The lowest BCUT2D eigenvalue weighted by atomic mass is 9.56. The summed E-state index contributed by atoms with van der Waals surface area (Å²) in [4.78, 5) is 38.5. The van der Waals surface area contributed by atoms with Crippen molar-refractivity contribution in [1.82, 2.24) is 4.90 Å². The summed E-state index contributed by atoms with van der Waals surface area (Å²) < 4.78 is 0. The molecule has 2 saturated carbocycles. The molecule has 1 N–H and O–H groups in total. The van der Waals surface area contributed by atoms with Gasteiger partial charge in [0.15, 0.2) is 11.4 Å². The van der Waals surface area contributed by atoms with Gasteiger partial charge in [-0.2, -0.15) is 0 Å². The van der Waals surface area contributed by atoms with E-state index < -0.39 is 29.0 Å². The van der Waals surface area contributed by atoms with E-state index >= 15 is 0 Å². The lowest BCUT2D eigenvalue weighted by Gasteiger charge is -2.51. The number of hydrogen-bond acceptors (Lipinski definition) is 5. The highest BCUT2D eigenvalue weighted by atomic mass is 16.3. The van der Waals surface area contributed by atoms with Crippen LogP contribution in [0, 0.1) is 17.8 Å². The number of hydrogen-bond donors (Lipinski definition) is 1. The van der Waals surface area contributed by atoms with Crippen LogP contribution < -0.4 is 0 Å². The van der Waals surface area contributed by atoms with Gasteiger partial charge in [-0.05, 0) is 38.9 Å². The minimum atomic E-state index is -2.13. The average molecular weight is 305 g/mol. The van der Waals surface area contributed by atoms with E-state index in [-0.39, 0.29) is 17.5 Å². The molecule has 5 heteroatoms. The molecule has 0 aliphatic heterocycles. The van der Waals surface area contributed by atoms with E-state index in [4.69, 9.17) is 0 Å². The third-order valence-electron chi connectivity index (χ3n) is 5.12. The van der Waals surface area contributed by atoms with Crippen molar-refractivity contribution >= 4 is 17.9 Å². The van der Waals surface area contributed by atoms with Crippen LogP contribution in [-0.2, 0) is 14.4 Å². The first-order valence-electron chi connectivity index (χ1n) is 7.50. The van der Waals surface area contributed by atoms with Crippen LogP contribution in [0.3, 0.4) is 0 Å². The van der Waals surface area contributed by atoms with Crippen LogP contribution in [-0.4, -0.2) is 53.6 Å². The molecule has 2 aliphatic rings. The molecule has 5 atom stereocenters. The number of Topliss-reactive ketones (excluding diaryl/α,β-unsaturated/α-hetero) is 2. The highest BCUT2D eigenvalue weighted by Gasteiger charge is 2.63. The van der Waals surface area contributed by atoms with Crippen LogP contribution in [0.5, 0.6) is 0 Å². The summed E-state index contributed by atoms with van der Waals surface area (Å²) in [7, 11) is 3.67. The number of aliphatic hydroxyl groups is 1. The van der Waals surface area contributed by atoms with E-state index in [1.54, 1.807) is 13.0 Å². The Morgan fingerprint density at radius 2 is 1.95 bits per heavy atom. The van der Waals surface area contributed by atoms with Crippen molar-refractivity contribution in [3.8, 4) is 0 Å². The van der Waals surface area contributed by atoms with Crippen molar-refractivity contribution in [2.75, 3.05) is 14.1 Å². The van der Waals surface area contributed by atoms with Crippen LogP contribution >= 0.6 is 0 Å². The molecular formula is C17H23NO4. The predicted molar refractivity (Wildman–Crippen MR) is 82.2 cm³/mol. The summed E-state index contributed by atoms with van der Waals surface area (Å²) in [5, 5.41) is 11.0. The van der Waals surface area contributed by atoms with Gasteiger partial charge in [0.25, 0.3) is 0 Å². The van der Waals surface area contributed by atoms with Crippen molar-refractivity contribution in [1.29, 1.82) is 0 Å². The van der Waals surface area contributed by atoms with E-state index in [1.165, 1.54) is 0 Å². The summed E-state index contributed by atoms with van der Waals surface area (Å²) >= 11 is 0. The van der Waals surface area contributed by atoms with Gasteiger partial charge in [0, 0.05) is 17.5 Å². The summed E-state index contributed by atoms with van der Waals surface area (Å²) in [6, 6.07) is -0.312. The maximum Gasteiger partial charge on any atom is 0.202 e. The predicted octanol–water partition coefficient (Wildman–Crippen LogP) is 0.773. The Hall–Kier alpha value is -1.59.